The molecule has 112 valence electrons. The molecule has 1 aliphatic carbocycles. The van der Waals surface area contributed by atoms with Gasteiger partial charge in [-0.05, 0) is 41.0 Å². The molecule has 1 fully saturated rings. The summed E-state index contributed by atoms with van der Waals surface area (Å²) in [5, 5.41) is 15.1. The van der Waals surface area contributed by atoms with Crippen LogP contribution in [0, 0.1) is 0 Å². The van der Waals surface area contributed by atoms with Crippen LogP contribution in [0.2, 0.25) is 0 Å². The predicted octanol–water partition coefficient (Wildman–Crippen LogP) is 0.377. The molecule has 0 radical (unpaired) electrons. The van der Waals surface area contributed by atoms with Crippen LogP contribution < -0.4 is 5.32 Å². The Balaban J connectivity index is 1.69. The van der Waals surface area contributed by atoms with Gasteiger partial charge in [0.05, 0.1) is 18.0 Å². The summed E-state index contributed by atoms with van der Waals surface area (Å²) in [6, 6.07) is 7.39. The molecule has 2 aromatic rings. The molecule has 0 saturated heterocycles. The van der Waals surface area contributed by atoms with Gasteiger partial charge < -0.3 is 5.32 Å². The fraction of sp³-hybridized carbons (Fsp3) is 0.462. The van der Waals surface area contributed by atoms with E-state index in [0.717, 1.165) is 11.4 Å². The first-order valence-corrected chi connectivity index (χ1v) is 8.69. The standard InChI is InChI=1S/C13H17N5O2S/c1-21(19,20)12-6-2-10(3-7-12)9-18-13(15-16-17-18)8-14-11-4-5-11/h2-3,6-7,11,14H,4-5,8-9H2,1H3. The van der Waals surface area contributed by atoms with Crippen molar-refractivity contribution in [3.8, 4) is 0 Å². The summed E-state index contributed by atoms with van der Waals surface area (Å²) in [6.45, 7) is 1.18. The first-order chi connectivity index (χ1) is 10.0. The second-order valence-corrected chi connectivity index (χ2v) is 7.34. The highest BCUT2D eigenvalue weighted by molar-refractivity contribution is 7.90. The summed E-state index contributed by atoms with van der Waals surface area (Å²) in [4.78, 5) is 0.318. The minimum absolute atomic E-state index is 0.318. The Hall–Kier alpha value is -1.80. The van der Waals surface area contributed by atoms with Gasteiger partial charge in [0, 0.05) is 12.3 Å². The summed E-state index contributed by atoms with van der Waals surface area (Å²) < 4.78 is 24.6. The molecule has 1 aliphatic rings. The van der Waals surface area contributed by atoms with Crippen LogP contribution in [0.15, 0.2) is 29.2 Å². The van der Waals surface area contributed by atoms with Gasteiger partial charge in [0.25, 0.3) is 0 Å². The maximum atomic E-state index is 11.4. The molecule has 7 nitrogen and oxygen atoms in total. The van der Waals surface area contributed by atoms with E-state index in [1.165, 1.54) is 19.1 Å². The van der Waals surface area contributed by atoms with Gasteiger partial charge >= 0.3 is 0 Å². The number of nitrogens with one attached hydrogen (secondary N) is 1. The van der Waals surface area contributed by atoms with E-state index in [2.05, 4.69) is 20.8 Å². The molecule has 0 bridgehead atoms. The molecule has 1 aromatic carbocycles. The molecule has 0 atom stereocenters. The predicted molar refractivity (Wildman–Crippen MR) is 76.3 cm³/mol. The smallest absolute Gasteiger partial charge is 0.175 e. The number of aromatic nitrogens is 4. The van der Waals surface area contributed by atoms with E-state index in [1.807, 2.05) is 0 Å². The minimum Gasteiger partial charge on any atom is -0.307 e. The number of benzene rings is 1. The van der Waals surface area contributed by atoms with Gasteiger partial charge in [-0.3, -0.25) is 0 Å². The fourth-order valence-corrected chi connectivity index (χ4v) is 2.64. The second-order valence-electron chi connectivity index (χ2n) is 5.32. The Bertz CT molecular complexity index is 719. The maximum Gasteiger partial charge on any atom is 0.175 e. The van der Waals surface area contributed by atoms with Crippen molar-refractivity contribution in [2.75, 3.05) is 6.26 Å². The quantitative estimate of drug-likeness (QED) is 0.829. The van der Waals surface area contributed by atoms with E-state index in [4.69, 9.17) is 0 Å². The van der Waals surface area contributed by atoms with E-state index < -0.39 is 9.84 Å². The highest BCUT2D eigenvalue weighted by Crippen LogP contribution is 2.19. The van der Waals surface area contributed by atoms with Crippen molar-refractivity contribution in [2.24, 2.45) is 0 Å². The summed E-state index contributed by atoms with van der Waals surface area (Å²) in [6.07, 6.45) is 3.63. The number of hydrogen-bond donors (Lipinski definition) is 1. The van der Waals surface area contributed by atoms with Gasteiger partial charge in [-0.25, -0.2) is 13.1 Å². The minimum atomic E-state index is -3.16. The Morgan fingerprint density at radius 1 is 1.29 bits per heavy atom. The second kappa shape index (κ2) is 5.53. The lowest BCUT2D eigenvalue weighted by atomic mass is 10.2. The fourth-order valence-electron chi connectivity index (χ4n) is 2.01. The summed E-state index contributed by atoms with van der Waals surface area (Å²) in [5.74, 6) is 0.786. The van der Waals surface area contributed by atoms with Crippen LogP contribution in [0.3, 0.4) is 0 Å². The molecule has 0 spiro atoms. The zero-order valence-corrected chi connectivity index (χ0v) is 12.5. The first-order valence-electron chi connectivity index (χ1n) is 6.80. The van der Waals surface area contributed by atoms with Crippen molar-refractivity contribution in [3.05, 3.63) is 35.7 Å². The van der Waals surface area contributed by atoms with Crippen LogP contribution in [-0.2, 0) is 22.9 Å². The van der Waals surface area contributed by atoms with Crippen molar-refractivity contribution in [1.29, 1.82) is 0 Å². The third-order valence-corrected chi connectivity index (χ3v) is 4.54. The molecule has 8 heteroatoms. The van der Waals surface area contributed by atoms with Crippen LogP contribution in [0.1, 0.15) is 24.2 Å². The van der Waals surface area contributed by atoms with Crippen molar-refractivity contribution in [3.63, 3.8) is 0 Å². The largest absolute Gasteiger partial charge is 0.307 e. The van der Waals surface area contributed by atoms with Gasteiger partial charge in [0.2, 0.25) is 0 Å². The molecular formula is C13H17N5O2S. The molecule has 3 rings (SSSR count). The topological polar surface area (TPSA) is 89.8 Å². The van der Waals surface area contributed by atoms with Crippen LogP contribution in [0.4, 0.5) is 0 Å². The van der Waals surface area contributed by atoms with Crippen LogP contribution in [-0.4, -0.2) is 40.9 Å². The van der Waals surface area contributed by atoms with E-state index in [-0.39, 0.29) is 0 Å². The summed E-state index contributed by atoms with van der Waals surface area (Å²) in [7, 11) is -3.16. The Labute approximate surface area is 123 Å². The van der Waals surface area contributed by atoms with Gasteiger partial charge in [-0.1, -0.05) is 12.1 Å². The first kappa shape index (κ1) is 14.2. The maximum absolute atomic E-state index is 11.4. The summed E-state index contributed by atoms with van der Waals surface area (Å²) in [5.41, 5.74) is 0.961. The third kappa shape index (κ3) is 3.64. The molecule has 1 N–H and O–H groups in total. The number of tetrazole rings is 1. The van der Waals surface area contributed by atoms with Crippen molar-refractivity contribution < 1.29 is 8.42 Å². The lowest BCUT2D eigenvalue weighted by Crippen LogP contribution is -2.19. The van der Waals surface area contributed by atoms with Crippen LogP contribution >= 0.6 is 0 Å². The third-order valence-electron chi connectivity index (χ3n) is 3.42. The molecule has 1 aromatic heterocycles. The highest BCUT2D eigenvalue weighted by Gasteiger charge is 2.21. The summed E-state index contributed by atoms with van der Waals surface area (Å²) >= 11 is 0. The molecule has 0 aliphatic heterocycles. The Kier molecular flexibility index (Phi) is 3.73. The van der Waals surface area contributed by atoms with E-state index in [9.17, 15) is 8.42 Å². The zero-order valence-electron chi connectivity index (χ0n) is 11.7. The normalized spacial score (nSPS) is 15.3. The zero-order chi connectivity index (χ0) is 14.9. The Morgan fingerprint density at radius 2 is 2.00 bits per heavy atom. The lowest BCUT2D eigenvalue weighted by molar-refractivity contribution is 0.577. The lowest BCUT2D eigenvalue weighted by Gasteiger charge is -2.06. The Morgan fingerprint density at radius 3 is 2.62 bits per heavy atom. The van der Waals surface area contributed by atoms with Crippen molar-refractivity contribution >= 4 is 9.84 Å². The van der Waals surface area contributed by atoms with Gasteiger partial charge in [-0.15, -0.1) is 5.10 Å². The van der Waals surface area contributed by atoms with E-state index >= 15 is 0 Å². The van der Waals surface area contributed by atoms with Crippen LogP contribution in [0.25, 0.3) is 0 Å². The van der Waals surface area contributed by atoms with E-state index in [1.54, 1.807) is 28.9 Å². The molecule has 0 unspecified atom stereocenters. The number of hydrogen-bond acceptors (Lipinski definition) is 6. The SMILES string of the molecule is CS(=O)(=O)c1ccc(Cn2nnnc2CNC2CC2)cc1. The van der Waals surface area contributed by atoms with E-state index in [0.29, 0.717) is 24.0 Å². The molecule has 1 heterocycles. The number of nitrogens with zero attached hydrogens (tertiary/aromatic N) is 4. The number of sulfone groups is 1. The van der Waals surface area contributed by atoms with Crippen LogP contribution in [0.5, 0.6) is 0 Å². The van der Waals surface area contributed by atoms with Crippen molar-refractivity contribution in [1.82, 2.24) is 25.5 Å². The van der Waals surface area contributed by atoms with Gasteiger partial charge in [0.1, 0.15) is 0 Å². The van der Waals surface area contributed by atoms with Crippen molar-refractivity contribution in [2.45, 2.75) is 36.9 Å². The number of rotatable bonds is 6. The molecule has 0 amide bonds. The average Bonchev–Trinajstić information content (AvgIpc) is 3.17. The molecule has 21 heavy (non-hydrogen) atoms. The van der Waals surface area contributed by atoms with Gasteiger partial charge in [-0.2, -0.15) is 0 Å². The molecule has 1 saturated carbocycles. The molecular weight excluding hydrogens is 290 g/mol. The van der Waals surface area contributed by atoms with Gasteiger partial charge in [0.15, 0.2) is 15.7 Å². The highest BCUT2D eigenvalue weighted by atomic mass is 32.2. The average molecular weight is 307 g/mol. The monoisotopic (exact) mass is 307 g/mol.